The summed E-state index contributed by atoms with van der Waals surface area (Å²) in [5, 5.41) is 0.683. The summed E-state index contributed by atoms with van der Waals surface area (Å²) in [7, 11) is 0. The second-order valence-corrected chi connectivity index (χ2v) is 5.37. The van der Waals surface area contributed by atoms with E-state index in [9.17, 15) is 4.79 Å². The van der Waals surface area contributed by atoms with Crippen molar-refractivity contribution < 1.29 is 0 Å². The maximum atomic E-state index is 13.0. The maximum absolute atomic E-state index is 13.0. The molecule has 2 aromatic carbocycles. The van der Waals surface area contributed by atoms with Crippen molar-refractivity contribution in [3.63, 3.8) is 0 Å². The fraction of sp³-hybridized carbons (Fsp3) is 0.222. The van der Waals surface area contributed by atoms with Gasteiger partial charge in [-0.2, -0.15) is 0 Å². The Kier molecular flexibility index (Phi) is 4.02. The Morgan fingerprint density at radius 2 is 1.86 bits per heavy atom. The van der Waals surface area contributed by atoms with Crippen LogP contribution in [-0.4, -0.2) is 16.1 Å². The van der Waals surface area contributed by atoms with E-state index in [4.69, 9.17) is 10.7 Å². The summed E-state index contributed by atoms with van der Waals surface area (Å²) in [6.45, 7) is 2.52. The summed E-state index contributed by atoms with van der Waals surface area (Å²) in [4.78, 5) is 17.7. The van der Waals surface area contributed by atoms with Crippen LogP contribution in [-0.2, 0) is 6.42 Å². The van der Waals surface area contributed by atoms with Gasteiger partial charge in [-0.05, 0) is 43.7 Å². The maximum Gasteiger partial charge on any atom is 0.266 e. The lowest BCUT2D eigenvalue weighted by Crippen LogP contribution is -2.25. The largest absolute Gasteiger partial charge is 0.330 e. The Morgan fingerprint density at radius 1 is 1.09 bits per heavy atom. The molecule has 3 rings (SSSR count). The summed E-state index contributed by atoms with van der Waals surface area (Å²) >= 11 is 0. The number of aromatic nitrogens is 2. The molecule has 0 fully saturated rings. The molecule has 0 amide bonds. The minimum atomic E-state index is -0.0127. The predicted octanol–water partition coefficient (Wildman–Crippen LogP) is 2.59. The lowest BCUT2D eigenvalue weighted by atomic mass is 10.1. The average Bonchev–Trinajstić information content (AvgIpc) is 2.53. The number of hydrogen-bond acceptors (Lipinski definition) is 3. The molecule has 4 heteroatoms. The highest BCUT2D eigenvalue weighted by Crippen LogP contribution is 2.16. The fourth-order valence-corrected chi connectivity index (χ4v) is 2.71. The first-order valence-electron chi connectivity index (χ1n) is 7.49. The molecule has 1 aromatic heterocycles. The van der Waals surface area contributed by atoms with Crippen LogP contribution in [0.4, 0.5) is 0 Å². The Balaban J connectivity index is 2.34. The van der Waals surface area contributed by atoms with Crippen LogP contribution in [0.1, 0.15) is 17.8 Å². The van der Waals surface area contributed by atoms with Crippen LogP contribution < -0.4 is 11.3 Å². The van der Waals surface area contributed by atoms with E-state index >= 15 is 0 Å². The highest BCUT2D eigenvalue weighted by molar-refractivity contribution is 5.81. The third-order valence-electron chi connectivity index (χ3n) is 3.79. The first kappa shape index (κ1) is 14.5. The lowest BCUT2D eigenvalue weighted by Gasteiger charge is -2.14. The van der Waals surface area contributed by atoms with Gasteiger partial charge in [0, 0.05) is 6.42 Å². The van der Waals surface area contributed by atoms with Gasteiger partial charge in [0.1, 0.15) is 5.82 Å². The molecule has 0 atom stereocenters. The summed E-state index contributed by atoms with van der Waals surface area (Å²) < 4.78 is 1.71. The van der Waals surface area contributed by atoms with E-state index in [0.717, 1.165) is 29.0 Å². The van der Waals surface area contributed by atoms with Gasteiger partial charge in [-0.3, -0.25) is 9.36 Å². The van der Waals surface area contributed by atoms with E-state index < -0.39 is 0 Å². The van der Waals surface area contributed by atoms with Gasteiger partial charge in [0.15, 0.2) is 0 Å². The summed E-state index contributed by atoms with van der Waals surface area (Å²) in [5.74, 6) is 0.764. The van der Waals surface area contributed by atoms with E-state index in [0.29, 0.717) is 18.4 Å². The molecule has 0 saturated heterocycles. The first-order valence-corrected chi connectivity index (χ1v) is 7.49. The quantitative estimate of drug-likeness (QED) is 0.804. The monoisotopic (exact) mass is 293 g/mol. The van der Waals surface area contributed by atoms with Crippen molar-refractivity contribution in [2.45, 2.75) is 19.8 Å². The van der Waals surface area contributed by atoms with Gasteiger partial charge in [0.05, 0.1) is 16.6 Å². The highest BCUT2D eigenvalue weighted by atomic mass is 16.1. The van der Waals surface area contributed by atoms with Crippen LogP contribution in [0.2, 0.25) is 0 Å². The van der Waals surface area contributed by atoms with E-state index in [1.807, 2.05) is 55.5 Å². The molecule has 0 saturated carbocycles. The van der Waals surface area contributed by atoms with Gasteiger partial charge in [0.2, 0.25) is 0 Å². The SMILES string of the molecule is Cc1cccc2nc(CCCN)n(-c3ccccc3)c(=O)c12. The van der Waals surface area contributed by atoms with Crippen molar-refractivity contribution in [1.82, 2.24) is 9.55 Å². The smallest absolute Gasteiger partial charge is 0.266 e. The molecule has 0 aliphatic heterocycles. The van der Waals surface area contributed by atoms with E-state index in [-0.39, 0.29) is 5.56 Å². The summed E-state index contributed by atoms with van der Waals surface area (Å²) in [5.41, 5.74) is 8.16. The number of aryl methyl sites for hydroxylation is 2. The molecule has 0 radical (unpaired) electrons. The number of fused-ring (bicyclic) bond motifs is 1. The van der Waals surface area contributed by atoms with Crippen molar-refractivity contribution in [3.05, 3.63) is 70.3 Å². The average molecular weight is 293 g/mol. The zero-order valence-corrected chi connectivity index (χ0v) is 12.6. The Hall–Kier alpha value is -2.46. The Labute approximate surface area is 129 Å². The molecule has 22 heavy (non-hydrogen) atoms. The van der Waals surface area contributed by atoms with Crippen LogP contribution in [0.25, 0.3) is 16.6 Å². The zero-order valence-electron chi connectivity index (χ0n) is 12.6. The third kappa shape index (κ3) is 2.53. The molecule has 0 aliphatic carbocycles. The number of hydrogen-bond donors (Lipinski definition) is 1. The molecule has 112 valence electrons. The van der Waals surface area contributed by atoms with Crippen molar-refractivity contribution in [3.8, 4) is 5.69 Å². The Bertz CT molecular complexity index is 853. The van der Waals surface area contributed by atoms with Gasteiger partial charge >= 0.3 is 0 Å². The zero-order chi connectivity index (χ0) is 15.5. The first-order chi connectivity index (χ1) is 10.7. The Morgan fingerprint density at radius 3 is 2.59 bits per heavy atom. The minimum Gasteiger partial charge on any atom is -0.330 e. The van der Waals surface area contributed by atoms with Crippen molar-refractivity contribution >= 4 is 10.9 Å². The van der Waals surface area contributed by atoms with Crippen molar-refractivity contribution in [1.29, 1.82) is 0 Å². The third-order valence-corrected chi connectivity index (χ3v) is 3.79. The van der Waals surface area contributed by atoms with Gasteiger partial charge in [-0.15, -0.1) is 0 Å². The number of para-hydroxylation sites is 1. The van der Waals surface area contributed by atoms with Crippen LogP contribution >= 0.6 is 0 Å². The molecule has 0 spiro atoms. The number of benzene rings is 2. The molecule has 3 aromatic rings. The van der Waals surface area contributed by atoms with E-state index in [2.05, 4.69) is 0 Å². The number of nitrogens with zero attached hydrogens (tertiary/aromatic N) is 2. The number of rotatable bonds is 4. The standard InChI is InChI=1S/C18H19N3O/c1-13-7-5-10-15-17(13)18(22)21(14-8-3-2-4-9-14)16(20-15)11-6-12-19/h2-5,7-10H,6,11-12,19H2,1H3. The molecule has 1 heterocycles. The predicted molar refractivity (Wildman–Crippen MR) is 89.5 cm³/mol. The van der Waals surface area contributed by atoms with Gasteiger partial charge in [-0.1, -0.05) is 30.3 Å². The van der Waals surface area contributed by atoms with Gasteiger partial charge < -0.3 is 5.73 Å². The van der Waals surface area contributed by atoms with Crippen LogP contribution in [0.3, 0.4) is 0 Å². The molecule has 0 bridgehead atoms. The van der Waals surface area contributed by atoms with Crippen LogP contribution in [0.15, 0.2) is 53.3 Å². The van der Waals surface area contributed by atoms with E-state index in [1.165, 1.54) is 0 Å². The fourth-order valence-electron chi connectivity index (χ4n) is 2.71. The lowest BCUT2D eigenvalue weighted by molar-refractivity contribution is 0.741. The second-order valence-electron chi connectivity index (χ2n) is 5.37. The molecular formula is C18H19N3O. The minimum absolute atomic E-state index is 0.0127. The highest BCUT2D eigenvalue weighted by Gasteiger charge is 2.13. The van der Waals surface area contributed by atoms with Gasteiger partial charge in [-0.25, -0.2) is 4.98 Å². The molecule has 4 nitrogen and oxygen atoms in total. The van der Waals surface area contributed by atoms with Gasteiger partial charge in [0.25, 0.3) is 5.56 Å². The normalized spacial score (nSPS) is 11.0. The second kappa shape index (κ2) is 6.12. The molecule has 2 N–H and O–H groups in total. The van der Waals surface area contributed by atoms with Crippen LogP contribution in [0, 0.1) is 6.92 Å². The summed E-state index contributed by atoms with van der Waals surface area (Å²) in [6, 6.07) is 15.4. The van der Waals surface area contributed by atoms with Crippen molar-refractivity contribution in [2.75, 3.05) is 6.54 Å². The molecule has 0 aliphatic rings. The number of nitrogens with two attached hydrogens (primary N) is 1. The molecule has 0 unspecified atom stereocenters. The summed E-state index contributed by atoms with van der Waals surface area (Å²) in [6.07, 6.45) is 1.49. The van der Waals surface area contributed by atoms with E-state index in [1.54, 1.807) is 4.57 Å². The van der Waals surface area contributed by atoms with Crippen LogP contribution in [0.5, 0.6) is 0 Å². The topological polar surface area (TPSA) is 60.9 Å². The molecular weight excluding hydrogens is 274 g/mol. The van der Waals surface area contributed by atoms with Crippen molar-refractivity contribution in [2.24, 2.45) is 5.73 Å².